The second kappa shape index (κ2) is 7.95. The van der Waals surface area contributed by atoms with Crippen LogP contribution in [0, 0.1) is 0 Å². The highest BCUT2D eigenvalue weighted by molar-refractivity contribution is 9.10. The maximum absolute atomic E-state index is 5.87. The Hall–Kier alpha value is -1.36. The number of hydrogen-bond acceptors (Lipinski definition) is 3. The van der Waals surface area contributed by atoms with Crippen molar-refractivity contribution in [3.8, 4) is 5.75 Å². The maximum Gasteiger partial charge on any atom is 0.120 e. The number of likely N-dealkylation sites (tertiary alicyclic amines) is 1. The zero-order valence-electron chi connectivity index (χ0n) is 13.4. The fourth-order valence-corrected chi connectivity index (χ4v) is 3.34. The van der Waals surface area contributed by atoms with Crippen LogP contribution in [0.25, 0.3) is 0 Å². The van der Waals surface area contributed by atoms with Crippen LogP contribution in [0.3, 0.4) is 0 Å². The molecule has 3 nitrogen and oxygen atoms in total. The minimum atomic E-state index is 0.377. The number of benzene rings is 2. The Morgan fingerprint density at radius 2 is 2.00 bits per heavy atom. The first-order chi connectivity index (χ1) is 11.2. The van der Waals surface area contributed by atoms with Gasteiger partial charge in [-0.2, -0.15) is 0 Å². The molecular weight excluding hydrogens is 354 g/mol. The van der Waals surface area contributed by atoms with Crippen LogP contribution in [0.5, 0.6) is 5.75 Å². The average Bonchev–Trinajstić information content (AvgIpc) is 3.04. The van der Waals surface area contributed by atoms with Crippen molar-refractivity contribution in [3.05, 3.63) is 64.1 Å². The van der Waals surface area contributed by atoms with E-state index < -0.39 is 0 Å². The number of hydrogen-bond donors (Lipinski definition) is 0. The minimum absolute atomic E-state index is 0.377. The van der Waals surface area contributed by atoms with E-state index in [0.29, 0.717) is 12.7 Å². The highest BCUT2D eigenvalue weighted by atomic mass is 79.9. The molecule has 1 saturated heterocycles. The normalized spacial score (nSPS) is 18.3. The minimum Gasteiger partial charge on any atom is -0.489 e. The smallest absolute Gasteiger partial charge is 0.120 e. The van der Waals surface area contributed by atoms with Gasteiger partial charge < -0.3 is 9.47 Å². The third-order valence-electron chi connectivity index (χ3n) is 4.23. The Bertz CT molecular complexity index is 633. The van der Waals surface area contributed by atoms with Crippen LogP contribution < -0.4 is 4.74 Å². The first-order valence-corrected chi connectivity index (χ1v) is 8.74. The molecule has 0 aromatic heterocycles. The molecule has 0 radical (unpaired) electrons. The molecular formula is C19H22BrNO2. The van der Waals surface area contributed by atoms with E-state index >= 15 is 0 Å². The highest BCUT2D eigenvalue weighted by Gasteiger charge is 2.22. The molecule has 23 heavy (non-hydrogen) atoms. The molecule has 1 aliphatic heterocycles. The largest absolute Gasteiger partial charge is 0.489 e. The fourth-order valence-electron chi connectivity index (χ4n) is 2.86. The Kier molecular flexibility index (Phi) is 5.70. The zero-order chi connectivity index (χ0) is 16.1. The van der Waals surface area contributed by atoms with Gasteiger partial charge in [0.15, 0.2) is 0 Å². The SMILES string of the molecule is CO[C@H]1CCN(Cc2ccc(OCc3ccccc3)cc2Br)C1. The molecule has 0 spiro atoms. The van der Waals surface area contributed by atoms with E-state index in [2.05, 4.69) is 45.1 Å². The van der Waals surface area contributed by atoms with Gasteiger partial charge in [-0.05, 0) is 29.7 Å². The topological polar surface area (TPSA) is 21.7 Å². The predicted octanol–water partition coefficient (Wildman–Crippen LogP) is 4.25. The lowest BCUT2D eigenvalue weighted by Gasteiger charge is -2.17. The van der Waals surface area contributed by atoms with Crippen LogP contribution in [-0.2, 0) is 17.9 Å². The van der Waals surface area contributed by atoms with Crippen molar-refractivity contribution in [2.45, 2.75) is 25.7 Å². The third kappa shape index (κ3) is 4.56. The van der Waals surface area contributed by atoms with Crippen molar-refractivity contribution in [3.63, 3.8) is 0 Å². The number of methoxy groups -OCH3 is 1. The van der Waals surface area contributed by atoms with Crippen molar-refractivity contribution in [1.82, 2.24) is 4.90 Å². The Morgan fingerprint density at radius 1 is 1.17 bits per heavy atom. The Labute approximate surface area is 146 Å². The number of halogens is 1. The summed E-state index contributed by atoms with van der Waals surface area (Å²) < 4.78 is 12.4. The van der Waals surface area contributed by atoms with Crippen molar-refractivity contribution in [1.29, 1.82) is 0 Å². The summed E-state index contributed by atoms with van der Waals surface area (Å²) in [7, 11) is 1.79. The molecule has 3 rings (SSSR count). The van der Waals surface area contributed by atoms with Gasteiger partial charge in [-0.3, -0.25) is 4.90 Å². The lowest BCUT2D eigenvalue weighted by atomic mass is 10.2. The van der Waals surface area contributed by atoms with Gasteiger partial charge in [-0.15, -0.1) is 0 Å². The van der Waals surface area contributed by atoms with E-state index in [1.54, 1.807) is 7.11 Å². The quantitative estimate of drug-likeness (QED) is 0.753. The molecule has 0 amide bonds. The monoisotopic (exact) mass is 375 g/mol. The number of ether oxygens (including phenoxy) is 2. The lowest BCUT2D eigenvalue weighted by molar-refractivity contribution is 0.107. The van der Waals surface area contributed by atoms with Gasteiger partial charge in [-0.1, -0.05) is 52.3 Å². The molecule has 122 valence electrons. The summed E-state index contributed by atoms with van der Waals surface area (Å²) in [5.74, 6) is 0.890. The van der Waals surface area contributed by atoms with Gasteiger partial charge in [0.1, 0.15) is 12.4 Å². The third-order valence-corrected chi connectivity index (χ3v) is 4.97. The van der Waals surface area contributed by atoms with Crippen molar-refractivity contribution in [2.75, 3.05) is 20.2 Å². The lowest BCUT2D eigenvalue weighted by Crippen LogP contribution is -2.22. The molecule has 4 heteroatoms. The standard InChI is InChI=1S/C19H22BrNO2/c1-22-18-9-10-21(13-18)12-16-7-8-17(11-19(16)20)23-14-15-5-3-2-4-6-15/h2-8,11,18H,9-10,12-14H2,1H3/t18-/m0/s1. The number of rotatable bonds is 6. The average molecular weight is 376 g/mol. The van der Waals surface area contributed by atoms with E-state index in [0.717, 1.165) is 36.3 Å². The first-order valence-electron chi connectivity index (χ1n) is 7.95. The highest BCUT2D eigenvalue weighted by Crippen LogP contribution is 2.26. The van der Waals surface area contributed by atoms with Gasteiger partial charge >= 0.3 is 0 Å². The molecule has 1 fully saturated rings. The van der Waals surface area contributed by atoms with E-state index in [1.807, 2.05) is 24.3 Å². The van der Waals surface area contributed by atoms with E-state index in [9.17, 15) is 0 Å². The summed E-state index contributed by atoms with van der Waals surface area (Å²) in [6.07, 6.45) is 1.49. The summed E-state index contributed by atoms with van der Waals surface area (Å²) in [4.78, 5) is 2.43. The van der Waals surface area contributed by atoms with E-state index in [1.165, 1.54) is 11.1 Å². The Balaban J connectivity index is 1.57. The second-order valence-electron chi connectivity index (χ2n) is 5.91. The van der Waals surface area contributed by atoms with Gasteiger partial charge in [0, 0.05) is 31.2 Å². The maximum atomic E-state index is 5.87. The molecule has 0 N–H and O–H groups in total. The summed E-state index contributed by atoms with van der Waals surface area (Å²) in [6.45, 7) is 3.64. The van der Waals surface area contributed by atoms with Crippen LogP contribution in [0.1, 0.15) is 17.5 Å². The molecule has 0 saturated carbocycles. The molecule has 2 aromatic carbocycles. The summed E-state index contributed by atoms with van der Waals surface area (Å²) in [5.41, 5.74) is 2.46. The van der Waals surface area contributed by atoms with Gasteiger partial charge in [0.05, 0.1) is 6.10 Å². The van der Waals surface area contributed by atoms with Crippen molar-refractivity contribution < 1.29 is 9.47 Å². The molecule has 2 aromatic rings. The van der Waals surface area contributed by atoms with Crippen molar-refractivity contribution in [2.24, 2.45) is 0 Å². The Morgan fingerprint density at radius 3 is 2.70 bits per heavy atom. The van der Waals surface area contributed by atoms with Gasteiger partial charge in [0.2, 0.25) is 0 Å². The molecule has 0 unspecified atom stereocenters. The summed E-state index contributed by atoms with van der Waals surface area (Å²) >= 11 is 3.67. The van der Waals surface area contributed by atoms with Crippen LogP contribution in [0.2, 0.25) is 0 Å². The van der Waals surface area contributed by atoms with Crippen LogP contribution in [-0.4, -0.2) is 31.2 Å². The molecule has 1 aliphatic rings. The molecule has 0 aliphatic carbocycles. The summed E-state index contributed by atoms with van der Waals surface area (Å²) in [6, 6.07) is 16.5. The molecule has 1 heterocycles. The van der Waals surface area contributed by atoms with Gasteiger partial charge in [0.25, 0.3) is 0 Å². The fraction of sp³-hybridized carbons (Fsp3) is 0.368. The van der Waals surface area contributed by atoms with E-state index in [-0.39, 0.29) is 0 Å². The van der Waals surface area contributed by atoms with Crippen molar-refractivity contribution >= 4 is 15.9 Å². The second-order valence-corrected chi connectivity index (χ2v) is 6.76. The number of nitrogens with zero attached hydrogens (tertiary/aromatic N) is 1. The first kappa shape index (κ1) is 16.5. The van der Waals surface area contributed by atoms with Gasteiger partial charge in [-0.25, -0.2) is 0 Å². The van der Waals surface area contributed by atoms with Crippen LogP contribution in [0.4, 0.5) is 0 Å². The van der Waals surface area contributed by atoms with E-state index in [4.69, 9.17) is 9.47 Å². The summed E-state index contributed by atoms with van der Waals surface area (Å²) in [5, 5.41) is 0. The predicted molar refractivity (Wildman–Crippen MR) is 95.6 cm³/mol. The zero-order valence-corrected chi connectivity index (χ0v) is 15.0. The van der Waals surface area contributed by atoms with Crippen LogP contribution in [0.15, 0.2) is 53.0 Å². The molecule has 0 bridgehead atoms. The molecule has 1 atom stereocenters. The van der Waals surface area contributed by atoms with Crippen LogP contribution >= 0.6 is 15.9 Å².